The SMILES string of the molecule is COC(OC)C1CCN(c2ccc([C@H]3c4ccc(O)cc4CC[C@H]3C3CCOCC3)cc2)CC1. The smallest absolute Gasteiger partial charge is 0.159 e. The van der Waals surface area contributed by atoms with Gasteiger partial charge in [0.05, 0.1) is 0 Å². The van der Waals surface area contributed by atoms with Crippen LogP contribution in [0, 0.1) is 17.8 Å². The van der Waals surface area contributed by atoms with E-state index in [1.807, 2.05) is 12.1 Å². The lowest BCUT2D eigenvalue weighted by Gasteiger charge is -2.41. The molecule has 2 heterocycles. The number of phenols is 1. The fourth-order valence-electron chi connectivity index (χ4n) is 6.71. The number of fused-ring (bicyclic) bond motifs is 1. The quantitative estimate of drug-likeness (QED) is 0.583. The number of methoxy groups -OCH3 is 2. The Morgan fingerprint density at radius 1 is 0.912 bits per heavy atom. The van der Waals surface area contributed by atoms with Gasteiger partial charge in [0.1, 0.15) is 5.75 Å². The molecular weight excluding hydrogens is 426 g/mol. The van der Waals surface area contributed by atoms with Crippen LogP contribution in [0.4, 0.5) is 5.69 Å². The summed E-state index contributed by atoms with van der Waals surface area (Å²) in [6.07, 6.45) is 6.62. The highest BCUT2D eigenvalue weighted by Crippen LogP contribution is 2.47. The summed E-state index contributed by atoms with van der Waals surface area (Å²) >= 11 is 0. The molecule has 1 N–H and O–H groups in total. The van der Waals surface area contributed by atoms with Gasteiger partial charge in [-0.25, -0.2) is 0 Å². The highest BCUT2D eigenvalue weighted by Gasteiger charge is 2.36. The van der Waals surface area contributed by atoms with Crippen LogP contribution in [0.2, 0.25) is 0 Å². The zero-order valence-corrected chi connectivity index (χ0v) is 20.6. The Morgan fingerprint density at radius 2 is 1.62 bits per heavy atom. The number of aryl methyl sites for hydroxylation is 1. The normalized spacial score (nSPS) is 24.4. The molecule has 2 aromatic carbocycles. The molecule has 5 rings (SSSR count). The van der Waals surface area contributed by atoms with Crippen LogP contribution in [0.1, 0.15) is 54.7 Å². The van der Waals surface area contributed by atoms with E-state index in [1.54, 1.807) is 14.2 Å². The molecule has 2 saturated heterocycles. The summed E-state index contributed by atoms with van der Waals surface area (Å²) < 4.78 is 16.7. The van der Waals surface area contributed by atoms with E-state index in [0.29, 0.717) is 29.4 Å². The molecule has 2 aliphatic heterocycles. The van der Waals surface area contributed by atoms with E-state index in [1.165, 1.54) is 28.8 Å². The standard InChI is InChI=1S/C29H39NO4/c1-32-29(33-2)22-11-15-30(16-12-22)24-6-3-21(4-7-24)28-26(20-13-17-34-18-14-20)9-5-23-19-25(31)8-10-27(23)28/h3-4,6-8,10,19-20,22,26,28-29,31H,5,9,11-18H2,1-2H3/t26-,28+/m0/s1. The van der Waals surface area contributed by atoms with Gasteiger partial charge >= 0.3 is 0 Å². The molecule has 3 aliphatic rings. The first-order valence-electron chi connectivity index (χ1n) is 13.0. The Hall–Kier alpha value is -2.08. The van der Waals surface area contributed by atoms with Crippen molar-refractivity contribution in [1.29, 1.82) is 0 Å². The molecule has 2 fully saturated rings. The second-order valence-corrected chi connectivity index (χ2v) is 10.3. The number of anilines is 1. The van der Waals surface area contributed by atoms with Crippen LogP contribution in [0.5, 0.6) is 5.75 Å². The number of benzene rings is 2. The number of rotatable bonds is 6. The van der Waals surface area contributed by atoms with Crippen molar-refractivity contribution in [2.24, 2.45) is 17.8 Å². The van der Waals surface area contributed by atoms with Gasteiger partial charge in [-0.15, -0.1) is 0 Å². The van der Waals surface area contributed by atoms with E-state index >= 15 is 0 Å². The van der Waals surface area contributed by atoms with Crippen molar-refractivity contribution in [2.45, 2.75) is 50.7 Å². The molecule has 0 radical (unpaired) electrons. The van der Waals surface area contributed by atoms with Gasteiger partial charge in [0.15, 0.2) is 6.29 Å². The molecule has 5 heteroatoms. The van der Waals surface area contributed by atoms with Crippen molar-refractivity contribution < 1.29 is 19.3 Å². The minimum atomic E-state index is -0.0996. The van der Waals surface area contributed by atoms with Crippen LogP contribution in [0.3, 0.4) is 0 Å². The summed E-state index contributed by atoms with van der Waals surface area (Å²) in [6.45, 7) is 3.84. The van der Waals surface area contributed by atoms with E-state index in [9.17, 15) is 5.11 Å². The van der Waals surface area contributed by atoms with E-state index in [0.717, 1.165) is 58.4 Å². The van der Waals surface area contributed by atoms with Gasteiger partial charge in [-0.3, -0.25) is 0 Å². The molecule has 34 heavy (non-hydrogen) atoms. The lowest BCUT2D eigenvalue weighted by molar-refractivity contribution is -0.141. The number of hydrogen-bond acceptors (Lipinski definition) is 5. The van der Waals surface area contributed by atoms with E-state index in [4.69, 9.17) is 14.2 Å². The summed E-state index contributed by atoms with van der Waals surface area (Å²) in [5.74, 6) is 2.55. The first-order chi connectivity index (χ1) is 16.7. The van der Waals surface area contributed by atoms with Crippen LogP contribution in [0.25, 0.3) is 0 Å². The Bertz CT molecular complexity index is 928. The fourth-order valence-corrected chi connectivity index (χ4v) is 6.71. The highest BCUT2D eigenvalue weighted by molar-refractivity contribution is 5.51. The average Bonchev–Trinajstić information content (AvgIpc) is 2.90. The Kier molecular flexibility index (Phi) is 7.43. The van der Waals surface area contributed by atoms with Crippen LogP contribution in [0.15, 0.2) is 42.5 Å². The third-order valence-corrected chi connectivity index (χ3v) is 8.51. The van der Waals surface area contributed by atoms with Gasteiger partial charge in [-0.2, -0.15) is 0 Å². The number of ether oxygens (including phenoxy) is 3. The van der Waals surface area contributed by atoms with Gasteiger partial charge in [0, 0.05) is 58.0 Å². The molecular formula is C29H39NO4. The Morgan fingerprint density at radius 3 is 2.29 bits per heavy atom. The van der Waals surface area contributed by atoms with Gasteiger partial charge in [0.25, 0.3) is 0 Å². The Balaban J connectivity index is 1.36. The molecule has 1 aliphatic carbocycles. The van der Waals surface area contributed by atoms with Crippen molar-refractivity contribution in [3.8, 4) is 5.75 Å². The predicted molar refractivity (Wildman–Crippen MR) is 134 cm³/mol. The van der Waals surface area contributed by atoms with Crippen molar-refractivity contribution in [3.05, 3.63) is 59.2 Å². The topological polar surface area (TPSA) is 51.2 Å². The third-order valence-electron chi connectivity index (χ3n) is 8.51. The maximum atomic E-state index is 10.1. The summed E-state index contributed by atoms with van der Waals surface area (Å²) in [7, 11) is 3.47. The minimum absolute atomic E-state index is 0.0996. The molecule has 0 unspecified atom stereocenters. The summed E-state index contributed by atoms with van der Waals surface area (Å²) in [5, 5.41) is 10.1. The third kappa shape index (κ3) is 4.84. The molecule has 0 spiro atoms. The van der Waals surface area contributed by atoms with Crippen molar-refractivity contribution in [3.63, 3.8) is 0 Å². The molecule has 0 bridgehead atoms. The second-order valence-electron chi connectivity index (χ2n) is 10.3. The first-order valence-corrected chi connectivity index (χ1v) is 13.0. The summed E-state index contributed by atoms with van der Waals surface area (Å²) in [6, 6.07) is 15.4. The number of aromatic hydroxyl groups is 1. The fraction of sp³-hybridized carbons (Fsp3) is 0.586. The van der Waals surface area contributed by atoms with Crippen molar-refractivity contribution in [2.75, 3.05) is 45.4 Å². The summed E-state index contributed by atoms with van der Waals surface area (Å²) in [4.78, 5) is 2.49. The number of phenolic OH excluding ortho intramolecular Hbond substituents is 1. The first kappa shape index (κ1) is 23.7. The monoisotopic (exact) mass is 465 g/mol. The molecule has 0 aromatic heterocycles. The van der Waals surface area contributed by atoms with Crippen LogP contribution >= 0.6 is 0 Å². The second kappa shape index (κ2) is 10.7. The largest absolute Gasteiger partial charge is 0.508 e. The number of nitrogens with zero attached hydrogens (tertiary/aromatic N) is 1. The molecule has 5 nitrogen and oxygen atoms in total. The minimum Gasteiger partial charge on any atom is -0.508 e. The maximum Gasteiger partial charge on any atom is 0.159 e. The van der Waals surface area contributed by atoms with Crippen LogP contribution in [-0.2, 0) is 20.6 Å². The molecule has 0 amide bonds. The lowest BCUT2D eigenvalue weighted by Crippen LogP contribution is -2.39. The van der Waals surface area contributed by atoms with E-state index < -0.39 is 0 Å². The molecule has 184 valence electrons. The zero-order valence-electron chi connectivity index (χ0n) is 20.6. The van der Waals surface area contributed by atoms with E-state index in [2.05, 4.69) is 35.2 Å². The van der Waals surface area contributed by atoms with Gasteiger partial charge in [-0.1, -0.05) is 18.2 Å². The van der Waals surface area contributed by atoms with E-state index in [-0.39, 0.29) is 6.29 Å². The van der Waals surface area contributed by atoms with Gasteiger partial charge < -0.3 is 24.2 Å². The Labute approximate surface area is 204 Å². The maximum absolute atomic E-state index is 10.1. The predicted octanol–water partition coefficient (Wildman–Crippen LogP) is 5.35. The molecule has 2 aromatic rings. The number of piperidine rings is 1. The van der Waals surface area contributed by atoms with Crippen molar-refractivity contribution >= 4 is 5.69 Å². The average molecular weight is 466 g/mol. The summed E-state index contributed by atoms with van der Waals surface area (Å²) in [5.41, 5.74) is 5.42. The van der Waals surface area contributed by atoms with Crippen LogP contribution in [-0.4, -0.2) is 51.9 Å². The van der Waals surface area contributed by atoms with Crippen molar-refractivity contribution in [1.82, 2.24) is 0 Å². The number of hydrogen-bond donors (Lipinski definition) is 1. The zero-order chi connectivity index (χ0) is 23.5. The molecule has 2 atom stereocenters. The molecule has 0 saturated carbocycles. The van der Waals surface area contributed by atoms with Gasteiger partial charge in [0.2, 0.25) is 0 Å². The van der Waals surface area contributed by atoms with Gasteiger partial charge in [-0.05, 0) is 91.3 Å². The van der Waals surface area contributed by atoms with Crippen LogP contribution < -0.4 is 4.90 Å². The highest BCUT2D eigenvalue weighted by atomic mass is 16.7. The lowest BCUT2D eigenvalue weighted by atomic mass is 9.65.